The Morgan fingerprint density at radius 3 is 2.91 bits per heavy atom. The van der Waals surface area contributed by atoms with Gasteiger partial charge in [0.2, 0.25) is 0 Å². The van der Waals surface area contributed by atoms with Crippen LogP contribution in [0.3, 0.4) is 0 Å². The Hall–Kier alpha value is -2.24. The molecule has 0 bridgehead atoms. The number of aromatic nitrogens is 2. The third-order valence-corrected chi connectivity index (χ3v) is 4.11. The van der Waals surface area contributed by atoms with Crippen LogP contribution in [0.25, 0.3) is 0 Å². The molecule has 2 aromatic rings. The molecular weight excluding hydrogens is 278 g/mol. The average Bonchev–Trinajstić information content (AvgIpc) is 3.15. The molecule has 0 aromatic carbocycles. The number of hydrogen-bond donors (Lipinski definition) is 2. The van der Waals surface area contributed by atoms with E-state index in [0.717, 1.165) is 31.1 Å². The lowest BCUT2D eigenvalue weighted by Crippen LogP contribution is -2.36. The van der Waals surface area contributed by atoms with E-state index in [2.05, 4.69) is 20.7 Å². The fourth-order valence-corrected chi connectivity index (χ4v) is 2.94. The Kier molecular flexibility index (Phi) is 4.46. The van der Waals surface area contributed by atoms with E-state index in [-0.39, 0.29) is 0 Å². The lowest BCUT2D eigenvalue weighted by Gasteiger charge is -2.14. The quantitative estimate of drug-likeness (QED) is 0.667. The SMILES string of the molecule is CN=C(NCc1ccco1)NCc1c2c(nn1C)CCCC2. The van der Waals surface area contributed by atoms with Crippen LogP contribution in [0.5, 0.6) is 0 Å². The van der Waals surface area contributed by atoms with Gasteiger partial charge >= 0.3 is 0 Å². The van der Waals surface area contributed by atoms with Crippen LogP contribution in [0.2, 0.25) is 0 Å². The molecule has 6 nitrogen and oxygen atoms in total. The number of furan rings is 1. The summed E-state index contributed by atoms with van der Waals surface area (Å²) < 4.78 is 7.32. The van der Waals surface area contributed by atoms with Crippen LogP contribution in [0.4, 0.5) is 0 Å². The van der Waals surface area contributed by atoms with Crippen molar-refractivity contribution in [2.45, 2.75) is 38.8 Å². The van der Waals surface area contributed by atoms with Crippen molar-refractivity contribution in [1.82, 2.24) is 20.4 Å². The summed E-state index contributed by atoms with van der Waals surface area (Å²) in [5, 5.41) is 11.3. The second kappa shape index (κ2) is 6.68. The summed E-state index contributed by atoms with van der Waals surface area (Å²) in [6.45, 7) is 1.35. The molecule has 0 saturated carbocycles. The molecule has 0 atom stereocenters. The topological polar surface area (TPSA) is 67.4 Å². The highest BCUT2D eigenvalue weighted by molar-refractivity contribution is 5.79. The first-order valence-corrected chi connectivity index (χ1v) is 7.78. The van der Waals surface area contributed by atoms with Crippen molar-refractivity contribution in [3.63, 3.8) is 0 Å². The molecule has 2 N–H and O–H groups in total. The van der Waals surface area contributed by atoms with Crippen molar-refractivity contribution in [1.29, 1.82) is 0 Å². The highest BCUT2D eigenvalue weighted by atomic mass is 16.3. The van der Waals surface area contributed by atoms with Crippen LogP contribution >= 0.6 is 0 Å². The van der Waals surface area contributed by atoms with Crippen molar-refractivity contribution in [3.05, 3.63) is 41.1 Å². The van der Waals surface area contributed by atoms with Gasteiger partial charge in [0.15, 0.2) is 5.96 Å². The molecule has 1 aliphatic rings. The second-order valence-corrected chi connectivity index (χ2v) is 5.56. The Balaban J connectivity index is 1.60. The van der Waals surface area contributed by atoms with E-state index in [0.29, 0.717) is 6.54 Å². The maximum absolute atomic E-state index is 5.31. The maximum Gasteiger partial charge on any atom is 0.191 e. The van der Waals surface area contributed by atoms with E-state index < -0.39 is 0 Å². The Morgan fingerprint density at radius 2 is 2.14 bits per heavy atom. The van der Waals surface area contributed by atoms with Crippen LogP contribution < -0.4 is 10.6 Å². The van der Waals surface area contributed by atoms with Gasteiger partial charge in [0.25, 0.3) is 0 Å². The molecule has 6 heteroatoms. The Morgan fingerprint density at radius 1 is 1.32 bits per heavy atom. The number of guanidine groups is 1. The smallest absolute Gasteiger partial charge is 0.191 e. The first-order valence-electron chi connectivity index (χ1n) is 7.78. The molecule has 0 fully saturated rings. The van der Waals surface area contributed by atoms with Gasteiger partial charge in [-0.25, -0.2) is 0 Å². The van der Waals surface area contributed by atoms with Crippen LogP contribution in [-0.2, 0) is 33.0 Å². The zero-order valence-corrected chi connectivity index (χ0v) is 13.2. The van der Waals surface area contributed by atoms with Gasteiger partial charge in [0.1, 0.15) is 5.76 Å². The van der Waals surface area contributed by atoms with Gasteiger partial charge in [0.05, 0.1) is 30.7 Å². The number of aryl methyl sites for hydroxylation is 2. The minimum absolute atomic E-state index is 0.621. The van der Waals surface area contributed by atoms with Gasteiger partial charge < -0.3 is 15.1 Å². The standard InChI is InChI=1S/C16H23N5O/c1-17-16(18-10-12-6-5-9-22-12)19-11-15-13-7-3-4-8-14(13)20-21(15)2/h5-6,9H,3-4,7-8,10-11H2,1-2H3,(H2,17,18,19). The third-order valence-electron chi connectivity index (χ3n) is 4.11. The summed E-state index contributed by atoms with van der Waals surface area (Å²) in [6, 6.07) is 3.83. The first kappa shape index (κ1) is 14.7. The number of nitrogens with zero attached hydrogens (tertiary/aromatic N) is 3. The monoisotopic (exact) mass is 301 g/mol. The van der Waals surface area contributed by atoms with Gasteiger partial charge in [-0.3, -0.25) is 9.67 Å². The fraction of sp³-hybridized carbons (Fsp3) is 0.500. The van der Waals surface area contributed by atoms with Gasteiger partial charge in [-0.2, -0.15) is 5.10 Å². The fourth-order valence-electron chi connectivity index (χ4n) is 2.94. The molecule has 0 spiro atoms. The van der Waals surface area contributed by atoms with Crippen LogP contribution in [0, 0.1) is 0 Å². The molecular formula is C16H23N5O. The van der Waals surface area contributed by atoms with E-state index >= 15 is 0 Å². The van der Waals surface area contributed by atoms with Crippen LogP contribution in [0.1, 0.15) is 35.6 Å². The zero-order chi connectivity index (χ0) is 15.4. The van der Waals surface area contributed by atoms with Crippen molar-refractivity contribution in [2.24, 2.45) is 12.0 Å². The third kappa shape index (κ3) is 3.16. The number of rotatable bonds is 4. The zero-order valence-electron chi connectivity index (χ0n) is 13.2. The molecule has 118 valence electrons. The molecule has 0 aliphatic heterocycles. The molecule has 3 rings (SSSR count). The summed E-state index contributed by atoms with van der Waals surface area (Å²) in [6.07, 6.45) is 6.43. The van der Waals surface area contributed by atoms with Gasteiger partial charge in [0, 0.05) is 14.1 Å². The van der Waals surface area contributed by atoms with E-state index in [1.807, 2.05) is 23.9 Å². The van der Waals surface area contributed by atoms with E-state index in [1.165, 1.54) is 29.8 Å². The molecule has 22 heavy (non-hydrogen) atoms. The summed E-state index contributed by atoms with van der Waals surface area (Å²) in [4.78, 5) is 4.25. The van der Waals surface area contributed by atoms with Crippen molar-refractivity contribution >= 4 is 5.96 Å². The van der Waals surface area contributed by atoms with E-state index in [4.69, 9.17) is 4.42 Å². The summed E-state index contributed by atoms with van der Waals surface area (Å²) in [5.41, 5.74) is 3.95. The summed E-state index contributed by atoms with van der Waals surface area (Å²) in [5.74, 6) is 1.66. The lowest BCUT2D eigenvalue weighted by molar-refractivity contribution is 0.501. The second-order valence-electron chi connectivity index (χ2n) is 5.56. The van der Waals surface area contributed by atoms with Crippen LogP contribution in [-0.4, -0.2) is 22.8 Å². The normalized spacial score (nSPS) is 14.7. The molecule has 2 aromatic heterocycles. The molecule has 0 saturated heterocycles. The molecule has 0 amide bonds. The first-order chi connectivity index (χ1) is 10.8. The number of nitrogens with one attached hydrogen (secondary N) is 2. The Labute approximate surface area is 130 Å². The average molecular weight is 301 g/mol. The molecule has 2 heterocycles. The highest BCUT2D eigenvalue weighted by Gasteiger charge is 2.19. The number of aliphatic imine (C=N–C) groups is 1. The largest absolute Gasteiger partial charge is 0.467 e. The molecule has 0 radical (unpaired) electrons. The molecule has 1 aliphatic carbocycles. The van der Waals surface area contributed by atoms with Crippen molar-refractivity contribution < 1.29 is 4.42 Å². The minimum atomic E-state index is 0.621. The number of fused-ring (bicyclic) bond motifs is 1. The number of hydrogen-bond acceptors (Lipinski definition) is 3. The van der Waals surface area contributed by atoms with E-state index in [9.17, 15) is 0 Å². The predicted octanol–water partition coefficient (Wildman–Crippen LogP) is 1.76. The van der Waals surface area contributed by atoms with Crippen molar-refractivity contribution in [3.8, 4) is 0 Å². The highest BCUT2D eigenvalue weighted by Crippen LogP contribution is 2.23. The Bertz CT molecular complexity index is 642. The van der Waals surface area contributed by atoms with Crippen LogP contribution in [0.15, 0.2) is 27.8 Å². The van der Waals surface area contributed by atoms with Gasteiger partial charge in [-0.05, 0) is 43.4 Å². The van der Waals surface area contributed by atoms with E-state index in [1.54, 1.807) is 13.3 Å². The predicted molar refractivity (Wildman–Crippen MR) is 85.6 cm³/mol. The van der Waals surface area contributed by atoms with Crippen molar-refractivity contribution in [2.75, 3.05) is 7.05 Å². The molecule has 0 unspecified atom stereocenters. The van der Waals surface area contributed by atoms with Gasteiger partial charge in [-0.1, -0.05) is 0 Å². The lowest BCUT2D eigenvalue weighted by atomic mass is 9.96. The maximum atomic E-state index is 5.31. The van der Waals surface area contributed by atoms with Gasteiger partial charge in [-0.15, -0.1) is 0 Å². The summed E-state index contributed by atoms with van der Waals surface area (Å²) >= 11 is 0. The minimum Gasteiger partial charge on any atom is -0.467 e. The summed E-state index contributed by atoms with van der Waals surface area (Å²) in [7, 11) is 3.80.